The normalized spacial score (nSPS) is 15.4. The van der Waals surface area contributed by atoms with Gasteiger partial charge in [-0.2, -0.15) is 22.7 Å². The van der Waals surface area contributed by atoms with Gasteiger partial charge in [-0.05, 0) is 56.0 Å². The monoisotopic (exact) mass is 681 g/mol. The van der Waals surface area contributed by atoms with Crippen LogP contribution >= 0.6 is 0 Å². The summed E-state index contributed by atoms with van der Waals surface area (Å²) in [5.41, 5.74) is 0.933. The van der Waals surface area contributed by atoms with Gasteiger partial charge in [-0.3, -0.25) is 14.4 Å². The number of rotatable bonds is 7. The maximum atomic E-state index is 14.1. The summed E-state index contributed by atoms with van der Waals surface area (Å²) < 4.78 is 47.9. The van der Waals surface area contributed by atoms with Crippen LogP contribution in [-0.4, -0.2) is 90.3 Å². The third-order valence-electron chi connectivity index (χ3n) is 8.63. The van der Waals surface area contributed by atoms with Crippen LogP contribution in [0.2, 0.25) is 0 Å². The van der Waals surface area contributed by atoms with Gasteiger partial charge in [0.1, 0.15) is 18.6 Å². The number of halogens is 3. The van der Waals surface area contributed by atoms with Gasteiger partial charge < -0.3 is 29.5 Å². The number of aromatic hydroxyl groups is 1. The molecule has 6 rings (SSSR count). The highest BCUT2D eigenvalue weighted by Crippen LogP contribution is 2.32. The molecule has 17 heteroatoms. The Hall–Kier alpha value is -5.32. The summed E-state index contributed by atoms with van der Waals surface area (Å²) in [5.74, 6) is -0.840. The van der Waals surface area contributed by atoms with Crippen LogP contribution < -0.4 is 15.8 Å². The van der Waals surface area contributed by atoms with Gasteiger partial charge in [-0.1, -0.05) is 13.0 Å². The van der Waals surface area contributed by atoms with Gasteiger partial charge >= 0.3 is 6.18 Å². The Morgan fingerprint density at radius 1 is 1.10 bits per heavy atom. The van der Waals surface area contributed by atoms with Gasteiger partial charge in [-0.15, -0.1) is 5.10 Å². The number of amides is 2. The van der Waals surface area contributed by atoms with E-state index in [1.54, 1.807) is 11.5 Å². The number of aromatic nitrogens is 6. The number of benzene rings is 1. The highest BCUT2D eigenvalue weighted by Gasteiger charge is 2.32. The van der Waals surface area contributed by atoms with Gasteiger partial charge in [0.15, 0.2) is 17.3 Å². The molecule has 2 amide bonds. The molecule has 1 aromatic carbocycles. The van der Waals surface area contributed by atoms with Crippen molar-refractivity contribution in [3.63, 3.8) is 0 Å². The van der Waals surface area contributed by atoms with E-state index >= 15 is 0 Å². The highest BCUT2D eigenvalue weighted by molar-refractivity contribution is 5.95. The molecule has 4 aromatic rings. The summed E-state index contributed by atoms with van der Waals surface area (Å²) >= 11 is 0. The van der Waals surface area contributed by atoms with Gasteiger partial charge in [0.05, 0.1) is 30.2 Å². The van der Waals surface area contributed by atoms with Gasteiger partial charge in [-0.25, -0.2) is 9.97 Å². The molecule has 0 bridgehead atoms. The Morgan fingerprint density at radius 3 is 2.51 bits per heavy atom. The molecule has 2 aliphatic rings. The van der Waals surface area contributed by atoms with Gasteiger partial charge in [0, 0.05) is 31.9 Å². The largest absolute Gasteiger partial charge is 0.504 e. The fraction of sp³-hybridized carbons (Fsp3) is 0.406. The number of ether oxygens (including phenoxy) is 1. The fourth-order valence-electron chi connectivity index (χ4n) is 6.02. The molecule has 1 saturated heterocycles. The lowest BCUT2D eigenvalue weighted by Gasteiger charge is -2.36. The smallest absolute Gasteiger partial charge is 0.416 e. The van der Waals surface area contributed by atoms with Crippen LogP contribution in [0.3, 0.4) is 0 Å². The van der Waals surface area contributed by atoms with E-state index in [1.807, 2.05) is 17.9 Å². The van der Waals surface area contributed by atoms with Crippen LogP contribution in [-0.2, 0) is 28.7 Å². The summed E-state index contributed by atoms with van der Waals surface area (Å²) in [4.78, 5) is 56.8. The van der Waals surface area contributed by atoms with E-state index < -0.39 is 29.1 Å². The zero-order valence-corrected chi connectivity index (χ0v) is 27.0. The number of alkyl halides is 3. The van der Waals surface area contributed by atoms with E-state index in [0.717, 1.165) is 22.2 Å². The molecule has 14 nitrogen and oxygen atoms in total. The number of hydrogen-bond acceptors (Lipinski definition) is 10. The predicted molar refractivity (Wildman–Crippen MR) is 171 cm³/mol. The number of anilines is 2. The summed E-state index contributed by atoms with van der Waals surface area (Å²) in [5, 5.41) is 17.6. The summed E-state index contributed by atoms with van der Waals surface area (Å²) in [6.07, 6.45) is -0.630. The number of carbonyl (C=O) groups is 2. The standard InChI is InChI=1S/C32H34F3N9O5/c1-4-23-26(41-9-11-42(12-10-41)29(47)25-27(46)19(3)36-17-37-25)30(48)44-31(39-28(40-44)20-7-13-49-14-8-20)43(23)16-24(45)38-22-6-5-21(15-18(22)2)32(33,34)35/h5-7,15,17,46H,4,8-14,16H2,1-3H3,(H,38,45). The molecule has 258 valence electrons. The number of hydrogen-bond donors (Lipinski definition) is 2. The molecule has 2 N–H and O–H groups in total. The number of fused-ring (bicyclic) bond motifs is 1. The third-order valence-corrected chi connectivity index (χ3v) is 8.63. The lowest BCUT2D eigenvalue weighted by atomic mass is 10.1. The molecular weight excluding hydrogens is 647 g/mol. The van der Waals surface area contributed by atoms with E-state index in [4.69, 9.17) is 4.74 Å². The predicted octanol–water partition coefficient (Wildman–Crippen LogP) is 2.99. The van der Waals surface area contributed by atoms with Crippen molar-refractivity contribution in [3.8, 4) is 5.75 Å². The van der Waals surface area contributed by atoms with E-state index in [0.29, 0.717) is 43.3 Å². The van der Waals surface area contributed by atoms with Gasteiger partial charge in [0.25, 0.3) is 11.5 Å². The molecule has 49 heavy (non-hydrogen) atoms. The number of nitrogens with one attached hydrogen (secondary N) is 1. The summed E-state index contributed by atoms with van der Waals surface area (Å²) in [6, 6.07) is 3.08. The van der Waals surface area contributed by atoms with Crippen LogP contribution in [0, 0.1) is 13.8 Å². The van der Waals surface area contributed by atoms with E-state index in [1.165, 1.54) is 24.2 Å². The molecule has 5 heterocycles. The van der Waals surface area contributed by atoms with Crippen LogP contribution in [0.4, 0.5) is 24.5 Å². The molecule has 2 aliphatic heterocycles. The number of aryl methyl sites for hydroxylation is 2. The second kappa shape index (κ2) is 13.3. The second-order valence-electron chi connectivity index (χ2n) is 11.8. The van der Waals surface area contributed by atoms with Crippen LogP contribution in [0.15, 0.2) is 35.4 Å². The minimum Gasteiger partial charge on any atom is -0.504 e. The number of carbonyl (C=O) groups excluding carboxylic acids is 2. The van der Waals surface area contributed by atoms with Crippen molar-refractivity contribution in [2.24, 2.45) is 0 Å². The molecule has 3 aromatic heterocycles. The van der Waals surface area contributed by atoms with E-state index in [2.05, 4.69) is 25.4 Å². The first kappa shape index (κ1) is 33.6. The van der Waals surface area contributed by atoms with E-state index in [9.17, 15) is 32.7 Å². The van der Waals surface area contributed by atoms with Crippen LogP contribution in [0.5, 0.6) is 5.75 Å². The third kappa shape index (κ3) is 6.57. The fourth-order valence-corrected chi connectivity index (χ4v) is 6.02. The minimum atomic E-state index is -4.53. The lowest BCUT2D eigenvalue weighted by Crippen LogP contribution is -2.51. The van der Waals surface area contributed by atoms with Crippen molar-refractivity contribution in [2.75, 3.05) is 49.6 Å². The first-order chi connectivity index (χ1) is 23.4. The van der Waals surface area contributed by atoms with Crippen molar-refractivity contribution in [1.82, 2.24) is 34.0 Å². The number of piperazine rings is 1. The summed E-state index contributed by atoms with van der Waals surface area (Å²) in [6.45, 7) is 6.33. The van der Waals surface area contributed by atoms with E-state index in [-0.39, 0.29) is 66.9 Å². The Bertz CT molecular complexity index is 2030. The molecule has 0 aliphatic carbocycles. The lowest BCUT2D eigenvalue weighted by molar-refractivity contribution is -0.137. The van der Waals surface area contributed by atoms with Gasteiger partial charge in [0.2, 0.25) is 11.7 Å². The maximum absolute atomic E-state index is 14.1. The zero-order chi connectivity index (χ0) is 35.0. The van der Waals surface area contributed by atoms with Crippen molar-refractivity contribution in [3.05, 3.63) is 75.0 Å². The first-order valence-electron chi connectivity index (χ1n) is 15.7. The van der Waals surface area contributed by atoms with Crippen LogP contribution in [0.1, 0.15) is 52.2 Å². The number of nitrogens with zero attached hydrogens (tertiary/aromatic N) is 8. The molecule has 0 spiro atoms. The van der Waals surface area contributed by atoms with Crippen molar-refractivity contribution in [2.45, 2.75) is 46.3 Å². The summed E-state index contributed by atoms with van der Waals surface area (Å²) in [7, 11) is 0. The topological polar surface area (TPSA) is 160 Å². The Kier molecular flexibility index (Phi) is 9.11. The Morgan fingerprint density at radius 2 is 1.86 bits per heavy atom. The second-order valence-corrected chi connectivity index (χ2v) is 11.8. The average molecular weight is 682 g/mol. The average Bonchev–Trinajstić information content (AvgIpc) is 3.54. The zero-order valence-electron chi connectivity index (χ0n) is 27.0. The van der Waals surface area contributed by atoms with Crippen LogP contribution in [0.25, 0.3) is 11.4 Å². The quantitative estimate of drug-likeness (QED) is 0.297. The van der Waals surface area contributed by atoms with Crippen molar-refractivity contribution >= 4 is 34.5 Å². The minimum absolute atomic E-state index is 0.106. The van der Waals surface area contributed by atoms with Crippen molar-refractivity contribution < 1.29 is 32.6 Å². The SMILES string of the molecule is CCc1c(N2CCN(C(=O)c3ncnc(C)c3O)CC2)c(=O)n2nc(C3=CCOCC3)nc2n1CC(=O)Nc1ccc(C(F)(F)F)cc1C. The first-order valence-corrected chi connectivity index (χ1v) is 15.7. The maximum Gasteiger partial charge on any atom is 0.416 e. The Balaban J connectivity index is 1.35. The molecule has 1 fully saturated rings. The molecule has 0 atom stereocenters. The highest BCUT2D eigenvalue weighted by atomic mass is 19.4. The molecule has 0 unspecified atom stereocenters. The molecule has 0 radical (unpaired) electrons. The Labute approximate surface area is 277 Å². The van der Waals surface area contributed by atoms with Crippen molar-refractivity contribution in [1.29, 1.82) is 0 Å². The molecule has 0 saturated carbocycles. The molecular formula is C32H34F3N9O5.